The Bertz CT molecular complexity index is 1150. The van der Waals surface area contributed by atoms with E-state index in [2.05, 4.69) is 24.5 Å². The summed E-state index contributed by atoms with van der Waals surface area (Å²) < 4.78 is 11.5. The van der Waals surface area contributed by atoms with E-state index < -0.39 is 0 Å². The van der Waals surface area contributed by atoms with Gasteiger partial charge in [-0.1, -0.05) is 41.4 Å². The van der Waals surface area contributed by atoms with E-state index in [1.54, 1.807) is 0 Å². The molecule has 4 rings (SSSR count). The predicted octanol–water partition coefficient (Wildman–Crippen LogP) is 5.88. The Kier molecular flexibility index (Phi) is 6.23. The van der Waals surface area contributed by atoms with Crippen molar-refractivity contribution in [2.24, 2.45) is 10.1 Å². The SMILES string of the molecule is CCOc1ccc(C2=NNC(c3ccc(C)cc3)=Nc3ccc(Cl)cc32)cc1OCC. The molecule has 158 valence electrons. The maximum absolute atomic E-state index is 6.33. The van der Waals surface area contributed by atoms with Crippen molar-refractivity contribution in [1.29, 1.82) is 0 Å². The molecule has 0 atom stereocenters. The molecule has 1 aliphatic heterocycles. The van der Waals surface area contributed by atoms with Crippen LogP contribution in [0.15, 0.2) is 70.8 Å². The minimum Gasteiger partial charge on any atom is -0.490 e. The molecule has 0 amide bonds. The molecule has 0 spiro atoms. The molecule has 1 aliphatic rings. The number of hydrogen-bond donors (Lipinski definition) is 1. The van der Waals surface area contributed by atoms with Gasteiger partial charge in [-0.05, 0) is 57.2 Å². The maximum atomic E-state index is 6.33. The van der Waals surface area contributed by atoms with E-state index in [4.69, 9.17) is 31.2 Å². The van der Waals surface area contributed by atoms with Crippen LogP contribution in [-0.2, 0) is 0 Å². The van der Waals surface area contributed by atoms with Crippen molar-refractivity contribution in [3.63, 3.8) is 0 Å². The Morgan fingerprint density at radius 1 is 0.839 bits per heavy atom. The normalized spacial score (nSPS) is 12.8. The van der Waals surface area contributed by atoms with Crippen LogP contribution in [0.5, 0.6) is 11.5 Å². The first-order valence-corrected chi connectivity index (χ1v) is 10.7. The third-order valence-corrected chi connectivity index (χ3v) is 5.10. The number of rotatable bonds is 6. The summed E-state index contributed by atoms with van der Waals surface area (Å²) in [6.07, 6.45) is 0. The highest BCUT2D eigenvalue weighted by atomic mass is 35.5. The van der Waals surface area contributed by atoms with Gasteiger partial charge in [0, 0.05) is 21.7 Å². The van der Waals surface area contributed by atoms with E-state index in [9.17, 15) is 0 Å². The van der Waals surface area contributed by atoms with E-state index in [0.29, 0.717) is 35.6 Å². The van der Waals surface area contributed by atoms with E-state index in [0.717, 1.165) is 28.1 Å². The van der Waals surface area contributed by atoms with Gasteiger partial charge in [0.05, 0.1) is 18.9 Å². The smallest absolute Gasteiger partial charge is 0.161 e. The summed E-state index contributed by atoms with van der Waals surface area (Å²) >= 11 is 6.33. The lowest BCUT2D eigenvalue weighted by atomic mass is 10.0. The van der Waals surface area contributed by atoms with Crippen LogP contribution >= 0.6 is 11.6 Å². The lowest BCUT2D eigenvalue weighted by Crippen LogP contribution is -2.19. The molecule has 3 aromatic carbocycles. The number of nitrogens with zero attached hydrogens (tertiary/aromatic N) is 2. The highest BCUT2D eigenvalue weighted by Crippen LogP contribution is 2.33. The number of amidine groups is 1. The third-order valence-electron chi connectivity index (χ3n) is 4.86. The fraction of sp³-hybridized carbons (Fsp3) is 0.200. The second kappa shape index (κ2) is 9.23. The van der Waals surface area contributed by atoms with Gasteiger partial charge in [0.15, 0.2) is 17.3 Å². The first-order chi connectivity index (χ1) is 15.1. The molecule has 0 saturated carbocycles. The quantitative estimate of drug-likeness (QED) is 0.528. The highest BCUT2D eigenvalue weighted by Gasteiger charge is 2.19. The molecule has 0 fully saturated rings. The zero-order valence-electron chi connectivity index (χ0n) is 17.8. The molecule has 0 unspecified atom stereocenters. The molecule has 0 saturated heterocycles. The summed E-state index contributed by atoms with van der Waals surface area (Å²) in [6.45, 7) is 7.06. The van der Waals surface area contributed by atoms with Crippen LogP contribution in [-0.4, -0.2) is 24.8 Å². The number of aliphatic imine (C=N–C) groups is 1. The number of fused-ring (bicyclic) bond motifs is 1. The summed E-state index contributed by atoms with van der Waals surface area (Å²) in [4.78, 5) is 4.84. The maximum Gasteiger partial charge on any atom is 0.161 e. The van der Waals surface area contributed by atoms with Gasteiger partial charge in [0.25, 0.3) is 0 Å². The first kappa shape index (κ1) is 20.9. The number of halogens is 1. The number of hydrogen-bond acceptors (Lipinski definition) is 5. The standard InChI is InChI=1S/C25H24ClN3O2/c1-4-30-22-13-10-18(14-23(22)31-5-2)24-20-15-19(26)11-12-21(20)27-25(29-28-24)17-8-6-16(3)7-9-17/h6-15H,4-5H2,1-3H3,(H,27,29). The molecule has 0 radical (unpaired) electrons. The highest BCUT2D eigenvalue weighted by molar-refractivity contribution is 6.31. The molecule has 5 nitrogen and oxygen atoms in total. The number of aryl methyl sites for hydroxylation is 1. The van der Waals surface area contributed by atoms with E-state index >= 15 is 0 Å². The van der Waals surface area contributed by atoms with Gasteiger partial charge in [-0.2, -0.15) is 5.10 Å². The van der Waals surface area contributed by atoms with Crippen molar-refractivity contribution in [1.82, 2.24) is 5.43 Å². The van der Waals surface area contributed by atoms with E-state index in [1.807, 2.05) is 62.4 Å². The van der Waals surface area contributed by atoms with Gasteiger partial charge in [0.2, 0.25) is 0 Å². The Morgan fingerprint density at radius 2 is 1.55 bits per heavy atom. The van der Waals surface area contributed by atoms with Crippen LogP contribution in [0.2, 0.25) is 5.02 Å². The molecule has 31 heavy (non-hydrogen) atoms. The van der Waals surface area contributed by atoms with Gasteiger partial charge < -0.3 is 9.47 Å². The molecule has 0 aromatic heterocycles. The van der Waals surface area contributed by atoms with E-state index in [1.165, 1.54) is 5.56 Å². The molecule has 0 bridgehead atoms. The fourth-order valence-corrected chi connectivity index (χ4v) is 3.54. The molecule has 1 N–H and O–H groups in total. The Hall–Kier alpha value is -3.31. The van der Waals surface area contributed by atoms with Gasteiger partial charge in [0.1, 0.15) is 5.71 Å². The average molecular weight is 434 g/mol. The van der Waals surface area contributed by atoms with Crippen LogP contribution in [0.1, 0.15) is 36.1 Å². The van der Waals surface area contributed by atoms with Gasteiger partial charge in [-0.15, -0.1) is 0 Å². The van der Waals surface area contributed by atoms with E-state index in [-0.39, 0.29) is 0 Å². The minimum absolute atomic E-state index is 0.539. The van der Waals surface area contributed by atoms with Crippen molar-refractivity contribution >= 4 is 28.8 Å². The second-order valence-corrected chi connectivity index (χ2v) is 7.52. The van der Waals surface area contributed by atoms with Gasteiger partial charge >= 0.3 is 0 Å². The number of ether oxygens (including phenoxy) is 2. The zero-order valence-corrected chi connectivity index (χ0v) is 18.5. The lowest BCUT2D eigenvalue weighted by molar-refractivity contribution is 0.287. The number of benzene rings is 3. The topological polar surface area (TPSA) is 55.2 Å². The Morgan fingerprint density at radius 3 is 2.29 bits per heavy atom. The molecule has 3 aromatic rings. The molecular formula is C25H24ClN3O2. The molecule has 6 heteroatoms. The fourth-order valence-electron chi connectivity index (χ4n) is 3.37. The first-order valence-electron chi connectivity index (χ1n) is 10.3. The van der Waals surface area contributed by atoms with Gasteiger partial charge in [-0.25, -0.2) is 4.99 Å². The third kappa shape index (κ3) is 4.57. The molecular weight excluding hydrogens is 410 g/mol. The summed E-state index contributed by atoms with van der Waals surface area (Å²) in [5, 5.41) is 5.34. The van der Waals surface area contributed by atoms with Crippen molar-refractivity contribution in [3.8, 4) is 11.5 Å². The average Bonchev–Trinajstić information content (AvgIpc) is 2.95. The van der Waals surface area contributed by atoms with Crippen molar-refractivity contribution in [3.05, 3.63) is 87.9 Å². The molecule has 1 heterocycles. The van der Waals surface area contributed by atoms with Crippen LogP contribution in [0.25, 0.3) is 0 Å². The zero-order chi connectivity index (χ0) is 21.8. The Labute approximate surface area is 187 Å². The predicted molar refractivity (Wildman–Crippen MR) is 126 cm³/mol. The van der Waals surface area contributed by atoms with Crippen molar-refractivity contribution in [2.45, 2.75) is 20.8 Å². The number of nitrogens with one attached hydrogen (secondary N) is 1. The van der Waals surface area contributed by atoms with Crippen LogP contribution in [0, 0.1) is 6.92 Å². The van der Waals surface area contributed by atoms with Gasteiger partial charge in [-0.3, -0.25) is 5.43 Å². The summed E-state index contributed by atoms with van der Waals surface area (Å²) in [5.74, 6) is 2.06. The Balaban J connectivity index is 1.82. The van der Waals surface area contributed by atoms with Crippen molar-refractivity contribution in [2.75, 3.05) is 13.2 Å². The largest absolute Gasteiger partial charge is 0.490 e. The second-order valence-electron chi connectivity index (χ2n) is 7.09. The summed E-state index contributed by atoms with van der Waals surface area (Å²) in [7, 11) is 0. The van der Waals surface area contributed by atoms with Crippen LogP contribution < -0.4 is 14.9 Å². The van der Waals surface area contributed by atoms with Crippen molar-refractivity contribution < 1.29 is 9.47 Å². The summed E-state index contributed by atoms with van der Waals surface area (Å²) in [6, 6.07) is 19.6. The van der Waals surface area contributed by atoms with Crippen LogP contribution in [0.3, 0.4) is 0 Å². The molecule has 0 aliphatic carbocycles. The van der Waals surface area contributed by atoms with Crippen LogP contribution in [0.4, 0.5) is 5.69 Å². The number of hydrazone groups is 1. The lowest BCUT2D eigenvalue weighted by Gasteiger charge is -2.14. The monoisotopic (exact) mass is 433 g/mol. The minimum atomic E-state index is 0.539. The summed E-state index contributed by atoms with van der Waals surface area (Å²) in [5.41, 5.74) is 8.53.